The molecule has 1 aromatic carbocycles. The van der Waals surface area contributed by atoms with Gasteiger partial charge in [-0.1, -0.05) is 12.1 Å². The molecule has 0 bridgehead atoms. The normalized spacial score (nSPS) is 12.5. The molecule has 1 amide bonds. The molecule has 4 heteroatoms. The molecule has 0 saturated carbocycles. The van der Waals surface area contributed by atoms with E-state index >= 15 is 0 Å². The van der Waals surface area contributed by atoms with Gasteiger partial charge in [0.1, 0.15) is 0 Å². The van der Waals surface area contributed by atoms with E-state index in [9.17, 15) is 9.90 Å². The lowest BCUT2D eigenvalue weighted by atomic mass is 10.0. The van der Waals surface area contributed by atoms with Crippen molar-refractivity contribution in [2.75, 3.05) is 5.73 Å². The van der Waals surface area contributed by atoms with Crippen LogP contribution in [0.4, 0.5) is 5.69 Å². The predicted molar refractivity (Wildman–Crippen MR) is 68.3 cm³/mol. The third kappa shape index (κ3) is 4.87. The van der Waals surface area contributed by atoms with Crippen molar-refractivity contribution in [3.8, 4) is 0 Å². The van der Waals surface area contributed by atoms with E-state index in [1.807, 2.05) is 13.8 Å². The SMILES string of the molecule is CC(C)NC(=O)CCC(O)c1cccc(N)c1. The minimum absolute atomic E-state index is 0.0389. The molecule has 0 saturated heterocycles. The maximum absolute atomic E-state index is 11.4. The number of amides is 1. The van der Waals surface area contributed by atoms with Crippen LogP contribution < -0.4 is 11.1 Å². The fourth-order valence-electron chi connectivity index (χ4n) is 1.59. The highest BCUT2D eigenvalue weighted by molar-refractivity contribution is 5.76. The fourth-order valence-corrected chi connectivity index (χ4v) is 1.59. The number of anilines is 1. The van der Waals surface area contributed by atoms with E-state index < -0.39 is 6.10 Å². The highest BCUT2D eigenvalue weighted by Crippen LogP contribution is 2.20. The van der Waals surface area contributed by atoms with Gasteiger partial charge in [-0.25, -0.2) is 0 Å². The molecule has 4 nitrogen and oxygen atoms in total. The van der Waals surface area contributed by atoms with Crippen LogP contribution in [0.5, 0.6) is 0 Å². The molecule has 0 aromatic heterocycles. The number of carbonyl (C=O) groups is 1. The topological polar surface area (TPSA) is 75.3 Å². The number of nitrogen functional groups attached to an aromatic ring is 1. The summed E-state index contributed by atoms with van der Waals surface area (Å²) in [7, 11) is 0. The number of hydrogen-bond acceptors (Lipinski definition) is 3. The first-order valence-electron chi connectivity index (χ1n) is 5.82. The van der Waals surface area contributed by atoms with Crippen molar-refractivity contribution in [3.63, 3.8) is 0 Å². The Labute approximate surface area is 102 Å². The number of carbonyl (C=O) groups excluding carboxylic acids is 1. The van der Waals surface area contributed by atoms with Gasteiger partial charge < -0.3 is 16.2 Å². The van der Waals surface area contributed by atoms with E-state index in [2.05, 4.69) is 5.32 Å². The fraction of sp³-hybridized carbons (Fsp3) is 0.462. The first-order chi connectivity index (χ1) is 7.99. The largest absolute Gasteiger partial charge is 0.399 e. The standard InChI is InChI=1S/C13H20N2O2/c1-9(2)15-13(17)7-6-12(16)10-4-3-5-11(14)8-10/h3-5,8-9,12,16H,6-7,14H2,1-2H3,(H,15,17). The highest BCUT2D eigenvalue weighted by atomic mass is 16.3. The summed E-state index contributed by atoms with van der Waals surface area (Å²) in [6, 6.07) is 7.22. The van der Waals surface area contributed by atoms with Crippen molar-refractivity contribution < 1.29 is 9.90 Å². The smallest absolute Gasteiger partial charge is 0.220 e. The minimum atomic E-state index is -0.642. The maximum atomic E-state index is 11.4. The summed E-state index contributed by atoms with van der Waals surface area (Å²) in [6.07, 6.45) is 0.0762. The molecule has 4 N–H and O–H groups in total. The first-order valence-corrected chi connectivity index (χ1v) is 5.82. The van der Waals surface area contributed by atoms with Gasteiger partial charge in [-0.2, -0.15) is 0 Å². The van der Waals surface area contributed by atoms with Gasteiger partial charge in [0.05, 0.1) is 6.10 Å². The Kier molecular flexibility index (Phi) is 4.97. The van der Waals surface area contributed by atoms with Crippen LogP contribution in [0.1, 0.15) is 38.4 Å². The van der Waals surface area contributed by atoms with Crippen molar-refractivity contribution in [2.45, 2.75) is 38.8 Å². The zero-order valence-electron chi connectivity index (χ0n) is 10.3. The zero-order valence-corrected chi connectivity index (χ0v) is 10.3. The first kappa shape index (κ1) is 13.5. The van der Waals surface area contributed by atoms with E-state index in [1.54, 1.807) is 24.3 Å². The average molecular weight is 236 g/mol. The number of aliphatic hydroxyl groups excluding tert-OH is 1. The molecule has 0 aliphatic rings. The molecule has 0 spiro atoms. The highest BCUT2D eigenvalue weighted by Gasteiger charge is 2.11. The van der Waals surface area contributed by atoms with Gasteiger partial charge in [-0.05, 0) is 38.0 Å². The molecule has 0 radical (unpaired) electrons. The number of nitrogens with one attached hydrogen (secondary N) is 1. The molecule has 0 aliphatic carbocycles. The second-order valence-electron chi connectivity index (χ2n) is 4.45. The summed E-state index contributed by atoms with van der Waals surface area (Å²) >= 11 is 0. The van der Waals surface area contributed by atoms with Gasteiger partial charge in [0.2, 0.25) is 5.91 Å². The Balaban J connectivity index is 2.44. The quantitative estimate of drug-likeness (QED) is 0.680. The summed E-state index contributed by atoms with van der Waals surface area (Å²) < 4.78 is 0. The third-order valence-corrected chi connectivity index (χ3v) is 2.39. The molecular formula is C13H20N2O2. The Bertz CT molecular complexity index is 377. The second-order valence-corrected chi connectivity index (χ2v) is 4.45. The van der Waals surface area contributed by atoms with Crippen molar-refractivity contribution in [1.29, 1.82) is 0 Å². The number of nitrogens with two attached hydrogens (primary N) is 1. The lowest BCUT2D eigenvalue weighted by Crippen LogP contribution is -2.30. The Morgan fingerprint density at radius 3 is 2.76 bits per heavy atom. The van der Waals surface area contributed by atoms with Crippen LogP contribution in [-0.2, 0) is 4.79 Å². The number of aliphatic hydroxyl groups is 1. The van der Waals surface area contributed by atoms with Crippen molar-refractivity contribution in [2.24, 2.45) is 0 Å². The van der Waals surface area contributed by atoms with Crippen molar-refractivity contribution >= 4 is 11.6 Å². The molecule has 1 atom stereocenters. The summed E-state index contributed by atoms with van der Waals surface area (Å²) in [5.74, 6) is -0.0389. The minimum Gasteiger partial charge on any atom is -0.399 e. The van der Waals surface area contributed by atoms with E-state index in [4.69, 9.17) is 5.73 Å². The number of benzene rings is 1. The lowest BCUT2D eigenvalue weighted by Gasteiger charge is -2.12. The Morgan fingerprint density at radius 1 is 1.47 bits per heavy atom. The van der Waals surface area contributed by atoms with Crippen LogP contribution in [0, 0.1) is 0 Å². The van der Waals surface area contributed by atoms with Crippen LogP contribution in [-0.4, -0.2) is 17.1 Å². The molecule has 0 fully saturated rings. The summed E-state index contributed by atoms with van der Waals surface area (Å²) in [6.45, 7) is 3.82. The van der Waals surface area contributed by atoms with E-state index in [0.717, 1.165) is 5.56 Å². The average Bonchev–Trinajstić information content (AvgIpc) is 2.25. The van der Waals surface area contributed by atoms with Crippen LogP contribution in [0.2, 0.25) is 0 Å². The molecule has 1 rings (SSSR count). The molecule has 0 aliphatic heterocycles. The second kappa shape index (κ2) is 6.25. The van der Waals surface area contributed by atoms with Gasteiger partial charge in [-0.15, -0.1) is 0 Å². The molecule has 1 unspecified atom stereocenters. The van der Waals surface area contributed by atoms with Crippen molar-refractivity contribution in [3.05, 3.63) is 29.8 Å². The van der Waals surface area contributed by atoms with Crippen LogP contribution in [0.25, 0.3) is 0 Å². The van der Waals surface area contributed by atoms with Crippen molar-refractivity contribution in [1.82, 2.24) is 5.32 Å². The maximum Gasteiger partial charge on any atom is 0.220 e. The van der Waals surface area contributed by atoms with Crippen LogP contribution in [0.3, 0.4) is 0 Å². The van der Waals surface area contributed by atoms with Gasteiger partial charge in [0, 0.05) is 18.2 Å². The lowest BCUT2D eigenvalue weighted by molar-refractivity contribution is -0.122. The van der Waals surface area contributed by atoms with Crippen LogP contribution >= 0.6 is 0 Å². The van der Waals surface area contributed by atoms with Gasteiger partial charge in [-0.3, -0.25) is 4.79 Å². The molecule has 0 heterocycles. The number of rotatable bonds is 5. The van der Waals surface area contributed by atoms with E-state index in [1.165, 1.54) is 0 Å². The van der Waals surface area contributed by atoms with Crippen LogP contribution in [0.15, 0.2) is 24.3 Å². The number of hydrogen-bond donors (Lipinski definition) is 3. The van der Waals surface area contributed by atoms with Gasteiger partial charge in [0.15, 0.2) is 0 Å². The predicted octanol–water partition coefficient (Wildman–Crippen LogP) is 1.61. The molecular weight excluding hydrogens is 216 g/mol. The summed E-state index contributed by atoms with van der Waals surface area (Å²) in [4.78, 5) is 11.4. The Morgan fingerprint density at radius 2 is 2.18 bits per heavy atom. The zero-order chi connectivity index (χ0) is 12.8. The molecule has 1 aromatic rings. The van der Waals surface area contributed by atoms with E-state index in [0.29, 0.717) is 18.5 Å². The third-order valence-electron chi connectivity index (χ3n) is 2.39. The summed E-state index contributed by atoms with van der Waals surface area (Å²) in [5, 5.41) is 12.7. The molecule has 94 valence electrons. The van der Waals surface area contributed by atoms with E-state index in [-0.39, 0.29) is 11.9 Å². The Hall–Kier alpha value is -1.55. The van der Waals surface area contributed by atoms with Gasteiger partial charge in [0.25, 0.3) is 0 Å². The van der Waals surface area contributed by atoms with Gasteiger partial charge >= 0.3 is 0 Å². The summed E-state index contributed by atoms with van der Waals surface area (Å²) in [5.41, 5.74) is 7.00. The molecule has 17 heavy (non-hydrogen) atoms. The monoisotopic (exact) mass is 236 g/mol.